The number of hydrogen-bond acceptors (Lipinski definition) is 4. The average Bonchev–Trinajstić information content (AvgIpc) is 3.01. The Morgan fingerprint density at radius 1 is 1.33 bits per heavy atom. The summed E-state index contributed by atoms with van der Waals surface area (Å²) in [6.45, 7) is 2.31. The summed E-state index contributed by atoms with van der Waals surface area (Å²) in [5.41, 5.74) is 6.74. The lowest BCUT2D eigenvalue weighted by Gasteiger charge is -2.16. The van der Waals surface area contributed by atoms with Gasteiger partial charge in [-0.1, -0.05) is 6.07 Å². The van der Waals surface area contributed by atoms with E-state index < -0.39 is 0 Å². The number of benzene rings is 1. The molecule has 21 heavy (non-hydrogen) atoms. The van der Waals surface area contributed by atoms with E-state index in [2.05, 4.69) is 0 Å². The molecule has 2 N–H and O–H groups in total. The van der Waals surface area contributed by atoms with Crippen molar-refractivity contribution in [3.05, 3.63) is 23.8 Å². The van der Waals surface area contributed by atoms with Gasteiger partial charge in [-0.3, -0.25) is 4.79 Å². The van der Waals surface area contributed by atoms with Crippen LogP contribution in [0.3, 0.4) is 0 Å². The first kappa shape index (κ1) is 15.6. The number of methoxy groups -OCH3 is 2. The Hall–Kier alpha value is -1.75. The normalized spacial score (nSPS) is 17.9. The molecule has 1 aliphatic rings. The van der Waals surface area contributed by atoms with E-state index in [1.54, 1.807) is 14.2 Å². The molecule has 1 aromatic carbocycles. The highest BCUT2D eigenvalue weighted by Gasteiger charge is 2.24. The van der Waals surface area contributed by atoms with Crippen molar-refractivity contribution in [2.45, 2.75) is 19.3 Å². The van der Waals surface area contributed by atoms with Crippen LogP contribution in [0.5, 0.6) is 11.5 Å². The van der Waals surface area contributed by atoms with Crippen LogP contribution in [0, 0.1) is 5.92 Å². The molecule has 0 saturated carbocycles. The van der Waals surface area contributed by atoms with Crippen molar-refractivity contribution in [2.75, 3.05) is 33.9 Å². The van der Waals surface area contributed by atoms with Crippen molar-refractivity contribution in [3.63, 3.8) is 0 Å². The van der Waals surface area contributed by atoms with E-state index in [4.69, 9.17) is 15.2 Å². The van der Waals surface area contributed by atoms with Crippen LogP contribution in [0.4, 0.5) is 0 Å². The zero-order valence-electron chi connectivity index (χ0n) is 12.8. The number of nitrogens with zero attached hydrogens (tertiary/aromatic N) is 1. The Kier molecular flexibility index (Phi) is 5.44. The number of nitrogens with two attached hydrogens (primary N) is 1. The van der Waals surface area contributed by atoms with E-state index in [0.717, 1.165) is 25.1 Å². The van der Waals surface area contributed by atoms with Crippen LogP contribution >= 0.6 is 0 Å². The van der Waals surface area contributed by atoms with Gasteiger partial charge in [-0.2, -0.15) is 0 Å². The SMILES string of the molecule is COc1ccc(CCC(=O)N2CC[C@@H](CN)C2)cc1OC. The van der Waals surface area contributed by atoms with Crippen molar-refractivity contribution >= 4 is 5.91 Å². The van der Waals surface area contributed by atoms with E-state index in [-0.39, 0.29) is 5.91 Å². The molecule has 1 amide bonds. The third-order valence-corrected chi connectivity index (χ3v) is 4.05. The topological polar surface area (TPSA) is 64.8 Å². The van der Waals surface area contributed by atoms with Crippen LogP contribution < -0.4 is 15.2 Å². The van der Waals surface area contributed by atoms with Crippen LogP contribution in [0.25, 0.3) is 0 Å². The lowest BCUT2D eigenvalue weighted by Crippen LogP contribution is -2.30. The number of aryl methyl sites for hydroxylation is 1. The van der Waals surface area contributed by atoms with Gasteiger partial charge in [0.25, 0.3) is 0 Å². The Balaban J connectivity index is 1.89. The quantitative estimate of drug-likeness (QED) is 0.862. The number of hydrogen-bond donors (Lipinski definition) is 1. The molecule has 1 fully saturated rings. The molecule has 0 unspecified atom stereocenters. The fourth-order valence-corrected chi connectivity index (χ4v) is 2.70. The van der Waals surface area contributed by atoms with E-state index >= 15 is 0 Å². The molecular formula is C16H24N2O3. The summed E-state index contributed by atoms with van der Waals surface area (Å²) in [6, 6.07) is 5.78. The summed E-state index contributed by atoms with van der Waals surface area (Å²) >= 11 is 0. The average molecular weight is 292 g/mol. The molecule has 116 valence electrons. The molecule has 0 aliphatic carbocycles. The summed E-state index contributed by atoms with van der Waals surface area (Å²) < 4.78 is 10.5. The molecule has 0 spiro atoms. The predicted octanol–water partition coefficient (Wildman–Crippen LogP) is 1.44. The van der Waals surface area contributed by atoms with E-state index in [1.165, 1.54) is 0 Å². The van der Waals surface area contributed by atoms with Crippen molar-refractivity contribution in [1.29, 1.82) is 0 Å². The van der Waals surface area contributed by atoms with Gasteiger partial charge in [0.05, 0.1) is 14.2 Å². The van der Waals surface area contributed by atoms with Crippen molar-refractivity contribution in [3.8, 4) is 11.5 Å². The largest absolute Gasteiger partial charge is 0.493 e. The molecular weight excluding hydrogens is 268 g/mol. The van der Waals surface area contributed by atoms with Gasteiger partial charge in [-0.05, 0) is 43.0 Å². The Morgan fingerprint density at radius 3 is 2.71 bits per heavy atom. The van der Waals surface area contributed by atoms with Gasteiger partial charge in [0.15, 0.2) is 11.5 Å². The van der Waals surface area contributed by atoms with Gasteiger partial charge in [0.1, 0.15) is 0 Å². The van der Waals surface area contributed by atoms with Gasteiger partial charge in [0, 0.05) is 19.5 Å². The van der Waals surface area contributed by atoms with Crippen molar-refractivity contribution < 1.29 is 14.3 Å². The lowest BCUT2D eigenvalue weighted by atomic mass is 10.1. The molecule has 5 nitrogen and oxygen atoms in total. The van der Waals surface area contributed by atoms with Crippen LogP contribution in [-0.2, 0) is 11.2 Å². The second kappa shape index (κ2) is 7.31. The van der Waals surface area contributed by atoms with Crippen LogP contribution in [-0.4, -0.2) is 44.7 Å². The first-order valence-corrected chi connectivity index (χ1v) is 7.36. The summed E-state index contributed by atoms with van der Waals surface area (Å²) in [6.07, 6.45) is 2.26. The molecule has 1 atom stereocenters. The smallest absolute Gasteiger partial charge is 0.222 e. The molecule has 1 saturated heterocycles. The number of likely N-dealkylation sites (tertiary alicyclic amines) is 1. The standard InChI is InChI=1S/C16H24N2O3/c1-20-14-5-3-12(9-15(14)21-2)4-6-16(19)18-8-7-13(10-17)11-18/h3,5,9,13H,4,6-8,10-11,17H2,1-2H3/t13-/m0/s1. The predicted molar refractivity (Wildman–Crippen MR) is 81.6 cm³/mol. The Labute approximate surface area is 126 Å². The van der Waals surface area contributed by atoms with Crippen LogP contribution in [0.1, 0.15) is 18.4 Å². The highest BCUT2D eigenvalue weighted by Crippen LogP contribution is 2.28. The van der Waals surface area contributed by atoms with Crippen LogP contribution in [0.15, 0.2) is 18.2 Å². The Bertz CT molecular complexity index is 490. The van der Waals surface area contributed by atoms with Crippen LogP contribution in [0.2, 0.25) is 0 Å². The lowest BCUT2D eigenvalue weighted by molar-refractivity contribution is -0.130. The molecule has 1 aliphatic heterocycles. The maximum atomic E-state index is 12.2. The van der Waals surface area contributed by atoms with Crippen molar-refractivity contribution in [1.82, 2.24) is 4.90 Å². The highest BCUT2D eigenvalue weighted by atomic mass is 16.5. The molecule has 0 aromatic heterocycles. The fraction of sp³-hybridized carbons (Fsp3) is 0.562. The van der Waals surface area contributed by atoms with E-state index in [9.17, 15) is 4.79 Å². The third kappa shape index (κ3) is 3.88. The summed E-state index contributed by atoms with van der Waals surface area (Å²) in [4.78, 5) is 14.1. The highest BCUT2D eigenvalue weighted by molar-refractivity contribution is 5.76. The maximum Gasteiger partial charge on any atom is 0.222 e. The first-order chi connectivity index (χ1) is 10.2. The van der Waals surface area contributed by atoms with Gasteiger partial charge in [0.2, 0.25) is 5.91 Å². The summed E-state index contributed by atoms with van der Waals surface area (Å²) in [5, 5.41) is 0. The number of carbonyl (C=O) groups is 1. The van der Waals surface area contributed by atoms with E-state index in [1.807, 2.05) is 23.1 Å². The molecule has 1 aromatic rings. The zero-order chi connectivity index (χ0) is 15.2. The number of amides is 1. The first-order valence-electron chi connectivity index (χ1n) is 7.36. The van der Waals surface area contributed by atoms with Gasteiger partial charge >= 0.3 is 0 Å². The maximum absolute atomic E-state index is 12.2. The molecule has 2 rings (SSSR count). The Morgan fingerprint density at radius 2 is 2.10 bits per heavy atom. The summed E-state index contributed by atoms with van der Waals surface area (Å²) in [5.74, 6) is 2.08. The number of carbonyl (C=O) groups excluding carboxylic acids is 1. The minimum Gasteiger partial charge on any atom is -0.493 e. The molecule has 1 heterocycles. The molecule has 0 bridgehead atoms. The monoisotopic (exact) mass is 292 g/mol. The third-order valence-electron chi connectivity index (χ3n) is 4.05. The second-order valence-electron chi connectivity index (χ2n) is 5.42. The second-order valence-corrected chi connectivity index (χ2v) is 5.42. The minimum absolute atomic E-state index is 0.209. The minimum atomic E-state index is 0.209. The fourth-order valence-electron chi connectivity index (χ4n) is 2.70. The van der Waals surface area contributed by atoms with Gasteiger partial charge in [-0.15, -0.1) is 0 Å². The zero-order valence-corrected chi connectivity index (χ0v) is 12.8. The van der Waals surface area contributed by atoms with Crippen molar-refractivity contribution in [2.24, 2.45) is 11.7 Å². The van der Waals surface area contributed by atoms with Gasteiger partial charge in [-0.25, -0.2) is 0 Å². The van der Waals surface area contributed by atoms with E-state index in [0.29, 0.717) is 36.8 Å². The molecule has 5 heteroatoms. The van der Waals surface area contributed by atoms with Gasteiger partial charge < -0.3 is 20.1 Å². The number of ether oxygens (including phenoxy) is 2. The molecule has 0 radical (unpaired) electrons. The summed E-state index contributed by atoms with van der Waals surface area (Å²) in [7, 11) is 3.23. The number of rotatable bonds is 6.